The van der Waals surface area contributed by atoms with E-state index in [2.05, 4.69) is 6.58 Å². The SMILES string of the molecule is C=COCCOC[C@H]1O[C@H](O)[C@H](O)[C@@H](O)[C@H]1O. The van der Waals surface area contributed by atoms with Gasteiger partial charge in [0.15, 0.2) is 6.29 Å². The Labute approximate surface area is 98.8 Å². The molecule has 1 rings (SSSR count). The summed E-state index contributed by atoms with van der Waals surface area (Å²) in [6, 6.07) is 0. The Morgan fingerprint density at radius 2 is 1.76 bits per heavy atom. The second-order valence-electron chi connectivity index (χ2n) is 3.65. The lowest BCUT2D eigenvalue weighted by Gasteiger charge is -2.38. The van der Waals surface area contributed by atoms with E-state index >= 15 is 0 Å². The Morgan fingerprint density at radius 1 is 1.06 bits per heavy atom. The summed E-state index contributed by atoms with van der Waals surface area (Å²) in [6.07, 6.45) is -5.45. The molecule has 0 aromatic rings. The van der Waals surface area contributed by atoms with Crippen molar-refractivity contribution in [3.05, 3.63) is 12.8 Å². The van der Waals surface area contributed by atoms with E-state index in [0.717, 1.165) is 0 Å². The summed E-state index contributed by atoms with van der Waals surface area (Å²) in [5, 5.41) is 37.4. The molecule has 1 aliphatic heterocycles. The van der Waals surface area contributed by atoms with Crippen LogP contribution in [0.5, 0.6) is 0 Å². The molecule has 5 atom stereocenters. The van der Waals surface area contributed by atoms with Gasteiger partial charge in [-0.1, -0.05) is 6.58 Å². The van der Waals surface area contributed by atoms with Crippen LogP contribution in [-0.4, -0.2) is 71.0 Å². The molecule has 0 spiro atoms. The predicted molar refractivity (Wildman–Crippen MR) is 55.9 cm³/mol. The summed E-state index contributed by atoms with van der Waals surface area (Å²) in [5.41, 5.74) is 0. The summed E-state index contributed by atoms with van der Waals surface area (Å²) < 4.78 is 14.8. The van der Waals surface area contributed by atoms with Gasteiger partial charge in [-0.2, -0.15) is 0 Å². The van der Waals surface area contributed by atoms with Crippen LogP contribution in [0.15, 0.2) is 12.8 Å². The second-order valence-corrected chi connectivity index (χ2v) is 3.65. The van der Waals surface area contributed by atoms with Crippen molar-refractivity contribution in [1.29, 1.82) is 0 Å². The lowest BCUT2D eigenvalue weighted by molar-refractivity contribution is -0.288. The highest BCUT2D eigenvalue weighted by molar-refractivity contribution is 4.88. The molecule has 1 aliphatic rings. The van der Waals surface area contributed by atoms with E-state index in [-0.39, 0.29) is 13.2 Å². The Kier molecular flexibility index (Phi) is 5.83. The molecule has 0 aromatic heterocycles. The van der Waals surface area contributed by atoms with Crippen molar-refractivity contribution in [2.75, 3.05) is 19.8 Å². The number of aliphatic hydroxyl groups is 4. The van der Waals surface area contributed by atoms with Crippen molar-refractivity contribution in [1.82, 2.24) is 0 Å². The number of rotatable bonds is 6. The van der Waals surface area contributed by atoms with Gasteiger partial charge in [-0.15, -0.1) is 0 Å². The third-order valence-electron chi connectivity index (χ3n) is 2.43. The topological polar surface area (TPSA) is 109 Å². The molecule has 17 heavy (non-hydrogen) atoms. The lowest BCUT2D eigenvalue weighted by Crippen LogP contribution is -2.58. The average Bonchev–Trinajstić information content (AvgIpc) is 2.32. The molecule has 0 aliphatic carbocycles. The molecule has 0 aromatic carbocycles. The maximum absolute atomic E-state index is 9.55. The fourth-order valence-electron chi connectivity index (χ4n) is 1.46. The van der Waals surface area contributed by atoms with Gasteiger partial charge in [0.1, 0.15) is 31.0 Å². The standard InChI is InChI=1S/C10H18O7/c1-2-15-3-4-16-5-6-7(11)8(12)9(13)10(14)17-6/h2,6-14H,1,3-5H2/t6-,7+,8+,9-,10+/m1/s1. The first kappa shape index (κ1) is 14.4. The first-order chi connectivity index (χ1) is 8.07. The van der Waals surface area contributed by atoms with Gasteiger partial charge in [0, 0.05) is 0 Å². The molecule has 1 heterocycles. The van der Waals surface area contributed by atoms with E-state index in [4.69, 9.17) is 14.2 Å². The normalized spacial score (nSPS) is 37.8. The molecule has 0 radical (unpaired) electrons. The molecule has 1 saturated heterocycles. The monoisotopic (exact) mass is 250 g/mol. The van der Waals surface area contributed by atoms with Gasteiger partial charge in [-0.3, -0.25) is 0 Å². The van der Waals surface area contributed by atoms with Crippen molar-refractivity contribution < 1.29 is 34.6 Å². The minimum Gasteiger partial charge on any atom is -0.499 e. The smallest absolute Gasteiger partial charge is 0.184 e. The third-order valence-corrected chi connectivity index (χ3v) is 2.43. The molecule has 4 N–H and O–H groups in total. The van der Waals surface area contributed by atoms with Gasteiger partial charge in [0.25, 0.3) is 0 Å². The van der Waals surface area contributed by atoms with Crippen LogP contribution in [0.25, 0.3) is 0 Å². The Balaban J connectivity index is 2.30. The maximum atomic E-state index is 9.55. The van der Waals surface area contributed by atoms with Crippen LogP contribution in [-0.2, 0) is 14.2 Å². The van der Waals surface area contributed by atoms with Gasteiger partial charge < -0.3 is 34.6 Å². The molecular formula is C10H18O7. The molecule has 0 unspecified atom stereocenters. The molecule has 0 saturated carbocycles. The van der Waals surface area contributed by atoms with E-state index in [1.165, 1.54) is 6.26 Å². The highest BCUT2D eigenvalue weighted by Crippen LogP contribution is 2.19. The van der Waals surface area contributed by atoms with Gasteiger partial charge in [0.05, 0.1) is 19.5 Å². The first-order valence-corrected chi connectivity index (χ1v) is 5.26. The number of hydrogen-bond acceptors (Lipinski definition) is 7. The van der Waals surface area contributed by atoms with Crippen molar-refractivity contribution in [3.63, 3.8) is 0 Å². The largest absolute Gasteiger partial charge is 0.499 e. The number of hydrogen-bond donors (Lipinski definition) is 4. The van der Waals surface area contributed by atoms with Crippen molar-refractivity contribution in [2.45, 2.75) is 30.7 Å². The van der Waals surface area contributed by atoms with Crippen LogP contribution in [0.1, 0.15) is 0 Å². The number of aliphatic hydroxyl groups excluding tert-OH is 4. The zero-order chi connectivity index (χ0) is 12.8. The van der Waals surface area contributed by atoms with E-state index < -0.39 is 30.7 Å². The zero-order valence-corrected chi connectivity index (χ0v) is 9.31. The van der Waals surface area contributed by atoms with Gasteiger partial charge >= 0.3 is 0 Å². The Bertz CT molecular complexity index is 235. The van der Waals surface area contributed by atoms with Crippen molar-refractivity contribution in [3.8, 4) is 0 Å². The molecule has 7 nitrogen and oxygen atoms in total. The van der Waals surface area contributed by atoms with E-state index in [1.54, 1.807) is 0 Å². The van der Waals surface area contributed by atoms with E-state index in [0.29, 0.717) is 6.61 Å². The molecule has 0 amide bonds. The fourth-order valence-corrected chi connectivity index (χ4v) is 1.46. The highest BCUT2D eigenvalue weighted by Gasteiger charge is 2.42. The zero-order valence-electron chi connectivity index (χ0n) is 9.31. The Morgan fingerprint density at radius 3 is 2.41 bits per heavy atom. The Hall–Kier alpha value is -0.700. The summed E-state index contributed by atoms with van der Waals surface area (Å²) in [7, 11) is 0. The summed E-state index contributed by atoms with van der Waals surface area (Å²) in [5.74, 6) is 0. The minimum atomic E-state index is -1.54. The van der Waals surface area contributed by atoms with Gasteiger partial charge in [-0.05, 0) is 0 Å². The van der Waals surface area contributed by atoms with E-state index in [1.807, 2.05) is 0 Å². The van der Waals surface area contributed by atoms with Crippen LogP contribution in [0.4, 0.5) is 0 Å². The van der Waals surface area contributed by atoms with Crippen LogP contribution in [0.3, 0.4) is 0 Å². The summed E-state index contributed by atoms with van der Waals surface area (Å²) in [4.78, 5) is 0. The van der Waals surface area contributed by atoms with Gasteiger partial charge in [0.2, 0.25) is 0 Å². The van der Waals surface area contributed by atoms with E-state index in [9.17, 15) is 20.4 Å². The van der Waals surface area contributed by atoms with Crippen LogP contribution >= 0.6 is 0 Å². The highest BCUT2D eigenvalue weighted by atomic mass is 16.6. The predicted octanol–water partition coefficient (Wildman–Crippen LogP) is -2.04. The molecule has 1 fully saturated rings. The third kappa shape index (κ3) is 3.91. The fraction of sp³-hybridized carbons (Fsp3) is 0.800. The van der Waals surface area contributed by atoms with Gasteiger partial charge in [-0.25, -0.2) is 0 Å². The minimum absolute atomic E-state index is 0.0253. The molecule has 100 valence electrons. The summed E-state index contributed by atoms with van der Waals surface area (Å²) >= 11 is 0. The quantitative estimate of drug-likeness (QED) is 0.318. The van der Waals surface area contributed by atoms with Crippen molar-refractivity contribution in [2.24, 2.45) is 0 Å². The average molecular weight is 250 g/mol. The lowest BCUT2D eigenvalue weighted by atomic mass is 9.99. The second kappa shape index (κ2) is 6.90. The number of ether oxygens (including phenoxy) is 3. The maximum Gasteiger partial charge on any atom is 0.184 e. The van der Waals surface area contributed by atoms with Crippen LogP contribution in [0.2, 0.25) is 0 Å². The molecular weight excluding hydrogens is 232 g/mol. The first-order valence-electron chi connectivity index (χ1n) is 5.26. The molecule has 7 heteroatoms. The van der Waals surface area contributed by atoms with Crippen LogP contribution < -0.4 is 0 Å². The summed E-state index contributed by atoms with van der Waals surface area (Å²) in [6.45, 7) is 3.89. The molecule has 0 bridgehead atoms. The van der Waals surface area contributed by atoms with Crippen molar-refractivity contribution >= 4 is 0 Å². The van der Waals surface area contributed by atoms with Crippen LogP contribution in [0, 0.1) is 0 Å².